The zero-order valence-electron chi connectivity index (χ0n) is 8.17. The van der Waals surface area contributed by atoms with Crippen LogP contribution >= 0.6 is 0 Å². The van der Waals surface area contributed by atoms with Crippen molar-refractivity contribution in [2.45, 2.75) is 25.8 Å². The van der Waals surface area contributed by atoms with Gasteiger partial charge in [0, 0.05) is 6.54 Å². The van der Waals surface area contributed by atoms with Crippen LogP contribution in [0.1, 0.15) is 19.8 Å². The average Bonchev–Trinajstić information content (AvgIpc) is 2.08. The third kappa shape index (κ3) is 2.52. The summed E-state index contributed by atoms with van der Waals surface area (Å²) in [7, 11) is 1.78. The molecule has 0 aliphatic carbocycles. The van der Waals surface area contributed by atoms with Gasteiger partial charge in [0.25, 0.3) is 0 Å². The highest BCUT2D eigenvalue weighted by Crippen LogP contribution is 2.10. The Morgan fingerprint density at radius 2 is 2.38 bits per heavy atom. The van der Waals surface area contributed by atoms with Crippen LogP contribution in [0.15, 0.2) is 0 Å². The summed E-state index contributed by atoms with van der Waals surface area (Å²) in [4.78, 5) is 24.1. The fourth-order valence-corrected chi connectivity index (χ4v) is 1.63. The van der Waals surface area contributed by atoms with Gasteiger partial charge < -0.3 is 10.2 Å². The number of hydrogen-bond acceptors (Lipinski definition) is 3. The van der Waals surface area contributed by atoms with E-state index in [0.29, 0.717) is 0 Å². The van der Waals surface area contributed by atoms with Crippen molar-refractivity contribution in [2.75, 3.05) is 20.1 Å². The lowest BCUT2D eigenvalue weighted by Crippen LogP contribution is -2.50. The van der Waals surface area contributed by atoms with Crippen molar-refractivity contribution in [3.8, 4) is 0 Å². The molecule has 74 valence electrons. The molecule has 0 radical (unpaired) electrons. The van der Waals surface area contributed by atoms with Gasteiger partial charge in [0.2, 0.25) is 5.91 Å². The molecule has 1 heterocycles. The van der Waals surface area contributed by atoms with E-state index < -0.39 is 0 Å². The van der Waals surface area contributed by atoms with Gasteiger partial charge in [-0.15, -0.1) is 0 Å². The summed E-state index contributed by atoms with van der Waals surface area (Å²) < 4.78 is 0. The molecule has 1 atom stereocenters. The van der Waals surface area contributed by atoms with E-state index >= 15 is 0 Å². The van der Waals surface area contributed by atoms with Crippen molar-refractivity contribution in [2.24, 2.45) is 0 Å². The van der Waals surface area contributed by atoms with E-state index in [-0.39, 0.29) is 24.3 Å². The molecule has 1 unspecified atom stereocenters. The quantitative estimate of drug-likeness (QED) is 0.660. The minimum atomic E-state index is -0.0897. The van der Waals surface area contributed by atoms with Crippen molar-refractivity contribution in [1.82, 2.24) is 10.2 Å². The van der Waals surface area contributed by atoms with Crippen LogP contribution in [0.5, 0.6) is 0 Å². The number of amides is 1. The molecule has 0 aromatic rings. The molecule has 13 heavy (non-hydrogen) atoms. The summed E-state index contributed by atoms with van der Waals surface area (Å²) in [5.41, 5.74) is 0. The standard InChI is InChI=1S/C9H16N2O2/c1-7(12)6-11-5-3-4-8(10-2)9(11)13/h8,10H,3-6H2,1-2H3. The molecule has 1 N–H and O–H groups in total. The maximum Gasteiger partial charge on any atom is 0.240 e. The normalized spacial score (nSPS) is 23.4. The minimum absolute atomic E-state index is 0.0464. The Labute approximate surface area is 78.3 Å². The van der Waals surface area contributed by atoms with E-state index in [4.69, 9.17) is 0 Å². The van der Waals surface area contributed by atoms with Gasteiger partial charge in [0.05, 0.1) is 12.6 Å². The lowest BCUT2D eigenvalue weighted by molar-refractivity contribution is -0.138. The molecule has 4 nitrogen and oxygen atoms in total. The highest BCUT2D eigenvalue weighted by molar-refractivity contribution is 5.87. The first-order chi connectivity index (χ1) is 6.15. The topological polar surface area (TPSA) is 49.4 Å². The largest absolute Gasteiger partial charge is 0.334 e. The molecule has 1 aliphatic rings. The predicted molar refractivity (Wildman–Crippen MR) is 49.3 cm³/mol. The van der Waals surface area contributed by atoms with E-state index in [1.165, 1.54) is 6.92 Å². The smallest absolute Gasteiger partial charge is 0.240 e. The van der Waals surface area contributed by atoms with Crippen LogP contribution in [0.25, 0.3) is 0 Å². The van der Waals surface area contributed by atoms with Gasteiger partial charge >= 0.3 is 0 Å². The molecule has 1 saturated heterocycles. The van der Waals surface area contributed by atoms with Crippen LogP contribution in [0.4, 0.5) is 0 Å². The number of nitrogens with zero attached hydrogens (tertiary/aromatic N) is 1. The van der Waals surface area contributed by atoms with Crippen LogP contribution in [-0.2, 0) is 9.59 Å². The molecule has 1 rings (SSSR count). The summed E-state index contributed by atoms with van der Waals surface area (Å²) in [5, 5.41) is 2.95. The Balaban J connectivity index is 2.54. The number of rotatable bonds is 3. The Bertz CT molecular complexity index is 216. The van der Waals surface area contributed by atoms with Gasteiger partial charge in [0.15, 0.2) is 0 Å². The van der Waals surface area contributed by atoms with Crippen molar-refractivity contribution in [1.29, 1.82) is 0 Å². The highest BCUT2D eigenvalue weighted by Gasteiger charge is 2.27. The van der Waals surface area contributed by atoms with Crippen molar-refractivity contribution in [3.05, 3.63) is 0 Å². The Morgan fingerprint density at radius 1 is 1.69 bits per heavy atom. The van der Waals surface area contributed by atoms with Crippen molar-refractivity contribution in [3.63, 3.8) is 0 Å². The number of carbonyl (C=O) groups excluding carboxylic acids is 2. The highest BCUT2D eigenvalue weighted by atomic mass is 16.2. The molecule has 0 spiro atoms. The average molecular weight is 184 g/mol. The summed E-state index contributed by atoms with van der Waals surface area (Å²) in [5.74, 6) is 0.106. The van der Waals surface area contributed by atoms with E-state index in [2.05, 4.69) is 5.32 Å². The Morgan fingerprint density at radius 3 is 2.92 bits per heavy atom. The third-order valence-corrected chi connectivity index (χ3v) is 2.29. The van der Waals surface area contributed by atoms with Crippen LogP contribution < -0.4 is 5.32 Å². The van der Waals surface area contributed by atoms with E-state index in [9.17, 15) is 9.59 Å². The number of likely N-dealkylation sites (N-methyl/N-ethyl adjacent to an activating group) is 1. The molecule has 1 aliphatic heterocycles. The lowest BCUT2D eigenvalue weighted by atomic mass is 10.0. The molecule has 0 bridgehead atoms. The monoisotopic (exact) mass is 184 g/mol. The molecular formula is C9H16N2O2. The number of carbonyl (C=O) groups is 2. The Kier molecular flexibility index (Phi) is 3.42. The van der Waals surface area contributed by atoms with Gasteiger partial charge in [-0.05, 0) is 26.8 Å². The minimum Gasteiger partial charge on any atom is -0.334 e. The first-order valence-electron chi connectivity index (χ1n) is 4.60. The molecule has 1 fully saturated rings. The number of hydrogen-bond donors (Lipinski definition) is 1. The van der Waals surface area contributed by atoms with Crippen molar-refractivity contribution < 1.29 is 9.59 Å². The Hall–Kier alpha value is -0.900. The number of Topliss-reactive ketones (excluding diaryl/α,β-unsaturated/α-hetero) is 1. The second kappa shape index (κ2) is 4.37. The summed E-state index contributed by atoms with van der Waals surface area (Å²) in [6.07, 6.45) is 1.86. The lowest BCUT2D eigenvalue weighted by Gasteiger charge is -2.31. The third-order valence-electron chi connectivity index (χ3n) is 2.29. The van der Waals surface area contributed by atoms with Gasteiger partial charge in [-0.3, -0.25) is 9.59 Å². The van der Waals surface area contributed by atoms with Crippen molar-refractivity contribution >= 4 is 11.7 Å². The second-order valence-corrected chi connectivity index (χ2v) is 3.45. The van der Waals surface area contributed by atoms with Gasteiger partial charge in [-0.2, -0.15) is 0 Å². The maximum atomic E-state index is 11.6. The van der Waals surface area contributed by atoms with Gasteiger partial charge in [-0.25, -0.2) is 0 Å². The first kappa shape index (κ1) is 10.2. The zero-order chi connectivity index (χ0) is 9.84. The van der Waals surface area contributed by atoms with Crippen LogP contribution in [-0.4, -0.2) is 42.8 Å². The van der Waals surface area contributed by atoms with Crippen LogP contribution in [0, 0.1) is 0 Å². The second-order valence-electron chi connectivity index (χ2n) is 3.45. The zero-order valence-corrected chi connectivity index (χ0v) is 8.17. The fraction of sp³-hybridized carbons (Fsp3) is 0.778. The van der Waals surface area contributed by atoms with E-state index in [1.807, 2.05) is 0 Å². The molecular weight excluding hydrogens is 168 g/mol. The first-order valence-corrected chi connectivity index (χ1v) is 4.60. The molecule has 0 aromatic heterocycles. The number of nitrogens with one attached hydrogen (secondary N) is 1. The molecule has 0 saturated carbocycles. The predicted octanol–water partition coefficient (Wildman–Crippen LogP) is -0.214. The molecule has 1 amide bonds. The fourth-order valence-electron chi connectivity index (χ4n) is 1.63. The molecule has 0 aromatic carbocycles. The molecule has 4 heteroatoms. The van der Waals surface area contributed by atoms with E-state index in [1.54, 1.807) is 11.9 Å². The SMILES string of the molecule is CNC1CCCN(CC(C)=O)C1=O. The summed E-state index contributed by atoms with van der Waals surface area (Å²) in [6, 6.07) is -0.0897. The van der Waals surface area contributed by atoms with E-state index in [0.717, 1.165) is 19.4 Å². The number of likely N-dealkylation sites (tertiary alicyclic amines) is 1. The summed E-state index contributed by atoms with van der Waals surface area (Å²) in [6.45, 7) is 2.49. The van der Waals surface area contributed by atoms with Gasteiger partial charge in [0.1, 0.15) is 5.78 Å². The van der Waals surface area contributed by atoms with Crippen LogP contribution in [0.2, 0.25) is 0 Å². The van der Waals surface area contributed by atoms with Crippen LogP contribution in [0.3, 0.4) is 0 Å². The number of ketones is 1. The summed E-state index contributed by atoms with van der Waals surface area (Å²) >= 11 is 0. The van der Waals surface area contributed by atoms with Gasteiger partial charge in [-0.1, -0.05) is 0 Å². The maximum absolute atomic E-state index is 11.6. The number of piperidine rings is 1.